The molecule has 3 heteroatoms. The highest BCUT2D eigenvalue weighted by Gasteiger charge is 2.14. The molecule has 0 saturated carbocycles. The molecule has 0 amide bonds. The van der Waals surface area contributed by atoms with Crippen LogP contribution in [-0.2, 0) is 17.6 Å². The van der Waals surface area contributed by atoms with Crippen molar-refractivity contribution in [3.8, 4) is 0 Å². The fourth-order valence-electron chi connectivity index (χ4n) is 2.03. The van der Waals surface area contributed by atoms with E-state index in [1.165, 1.54) is 5.56 Å². The molecule has 0 radical (unpaired) electrons. The van der Waals surface area contributed by atoms with Crippen molar-refractivity contribution in [2.45, 2.75) is 58.9 Å². The van der Waals surface area contributed by atoms with Crippen LogP contribution in [0.2, 0.25) is 0 Å². The van der Waals surface area contributed by atoms with Gasteiger partial charge in [-0.3, -0.25) is 9.78 Å². The SMILES string of the molecule is CCc1ccc(CC(=O)C(C)CCCC(C)N)nc1. The quantitative estimate of drug-likeness (QED) is 0.783. The Hall–Kier alpha value is -1.22. The predicted octanol–water partition coefficient (Wildman–Crippen LogP) is 2.91. The number of carbonyl (C=O) groups is 1. The van der Waals surface area contributed by atoms with Crippen LogP contribution in [0.15, 0.2) is 18.3 Å². The molecule has 0 fully saturated rings. The van der Waals surface area contributed by atoms with Crippen molar-refractivity contribution in [3.05, 3.63) is 29.6 Å². The Morgan fingerprint density at radius 1 is 1.32 bits per heavy atom. The summed E-state index contributed by atoms with van der Waals surface area (Å²) in [6.07, 6.45) is 6.23. The van der Waals surface area contributed by atoms with E-state index in [0.717, 1.165) is 31.4 Å². The van der Waals surface area contributed by atoms with E-state index < -0.39 is 0 Å². The molecular formula is C16H26N2O. The van der Waals surface area contributed by atoms with Crippen LogP contribution in [0.5, 0.6) is 0 Å². The van der Waals surface area contributed by atoms with Crippen LogP contribution in [0.25, 0.3) is 0 Å². The Morgan fingerprint density at radius 2 is 2.05 bits per heavy atom. The fraction of sp³-hybridized carbons (Fsp3) is 0.625. The smallest absolute Gasteiger partial charge is 0.141 e. The normalized spacial score (nSPS) is 14.1. The number of aryl methyl sites for hydroxylation is 1. The summed E-state index contributed by atoms with van der Waals surface area (Å²) >= 11 is 0. The van der Waals surface area contributed by atoms with Crippen molar-refractivity contribution in [2.24, 2.45) is 11.7 Å². The molecule has 0 aliphatic heterocycles. The molecule has 0 aliphatic rings. The van der Waals surface area contributed by atoms with Crippen molar-refractivity contribution in [2.75, 3.05) is 0 Å². The Balaban J connectivity index is 2.40. The first-order valence-electron chi connectivity index (χ1n) is 7.25. The van der Waals surface area contributed by atoms with E-state index in [2.05, 4.69) is 18.0 Å². The lowest BCUT2D eigenvalue weighted by molar-refractivity contribution is -0.122. The summed E-state index contributed by atoms with van der Waals surface area (Å²) in [5.41, 5.74) is 7.80. The molecule has 2 unspecified atom stereocenters. The number of rotatable bonds is 8. The third-order valence-corrected chi connectivity index (χ3v) is 3.50. The summed E-state index contributed by atoms with van der Waals surface area (Å²) in [5.74, 6) is 0.382. The molecule has 0 spiro atoms. The number of aromatic nitrogens is 1. The van der Waals surface area contributed by atoms with E-state index in [9.17, 15) is 4.79 Å². The third-order valence-electron chi connectivity index (χ3n) is 3.50. The van der Waals surface area contributed by atoms with Crippen molar-refractivity contribution in [1.82, 2.24) is 4.98 Å². The summed E-state index contributed by atoms with van der Waals surface area (Å²) in [6.45, 7) is 6.11. The fourth-order valence-corrected chi connectivity index (χ4v) is 2.03. The Morgan fingerprint density at radius 3 is 2.58 bits per heavy atom. The predicted molar refractivity (Wildman–Crippen MR) is 79.0 cm³/mol. The number of nitrogens with zero attached hydrogens (tertiary/aromatic N) is 1. The van der Waals surface area contributed by atoms with Gasteiger partial charge >= 0.3 is 0 Å². The maximum atomic E-state index is 12.1. The van der Waals surface area contributed by atoms with Gasteiger partial charge in [0.05, 0.1) is 0 Å². The van der Waals surface area contributed by atoms with Gasteiger partial charge in [0.25, 0.3) is 0 Å². The average Bonchev–Trinajstić information content (AvgIpc) is 2.39. The average molecular weight is 262 g/mol. The highest BCUT2D eigenvalue weighted by Crippen LogP contribution is 2.13. The maximum absolute atomic E-state index is 12.1. The standard InChI is InChI=1S/C16H26N2O/c1-4-14-8-9-15(18-11-14)10-16(19)12(2)6-5-7-13(3)17/h8-9,11-13H,4-7,10,17H2,1-3H3. The van der Waals surface area contributed by atoms with Crippen LogP contribution in [0, 0.1) is 5.92 Å². The molecule has 106 valence electrons. The van der Waals surface area contributed by atoms with E-state index in [-0.39, 0.29) is 17.7 Å². The van der Waals surface area contributed by atoms with E-state index in [1.54, 1.807) is 0 Å². The van der Waals surface area contributed by atoms with Gasteiger partial charge in [0.2, 0.25) is 0 Å². The molecule has 0 saturated heterocycles. The zero-order valence-corrected chi connectivity index (χ0v) is 12.4. The van der Waals surface area contributed by atoms with Crippen LogP contribution in [-0.4, -0.2) is 16.8 Å². The summed E-state index contributed by atoms with van der Waals surface area (Å²) in [6, 6.07) is 4.24. The minimum absolute atomic E-state index is 0.103. The van der Waals surface area contributed by atoms with Crippen LogP contribution in [0.1, 0.15) is 51.3 Å². The van der Waals surface area contributed by atoms with Crippen LogP contribution in [0.4, 0.5) is 0 Å². The molecule has 0 bridgehead atoms. The number of carbonyl (C=O) groups excluding carboxylic acids is 1. The molecular weight excluding hydrogens is 236 g/mol. The second-order valence-electron chi connectivity index (χ2n) is 5.46. The van der Waals surface area contributed by atoms with E-state index in [0.29, 0.717) is 6.42 Å². The lowest BCUT2D eigenvalue weighted by atomic mass is 9.95. The zero-order valence-electron chi connectivity index (χ0n) is 12.4. The molecule has 0 aliphatic carbocycles. The summed E-state index contributed by atoms with van der Waals surface area (Å²) < 4.78 is 0. The first-order valence-corrected chi connectivity index (χ1v) is 7.25. The molecule has 1 rings (SSSR count). The first kappa shape index (κ1) is 15.8. The van der Waals surface area contributed by atoms with Crippen LogP contribution >= 0.6 is 0 Å². The number of pyridine rings is 1. The van der Waals surface area contributed by atoms with E-state index in [4.69, 9.17) is 5.73 Å². The van der Waals surface area contributed by atoms with Gasteiger partial charge in [-0.2, -0.15) is 0 Å². The Labute approximate surface area is 116 Å². The molecule has 2 atom stereocenters. The lowest BCUT2D eigenvalue weighted by Crippen LogP contribution is -2.17. The van der Waals surface area contributed by atoms with Crippen molar-refractivity contribution >= 4 is 5.78 Å². The molecule has 2 N–H and O–H groups in total. The molecule has 0 aromatic carbocycles. The van der Waals surface area contributed by atoms with Crippen molar-refractivity contribution < 1.29 is 4.79 Å². The van der Waals surface area contributed by atoms with E-state index >= 15 is 0 Å². The maximum Gasteiger partial charge on any atom is 0.141 e. The minimum atomic E-state index is 0.103. The van der Waals surface area contributed by atoms with Gasteiger partial charge in [-0.25, -0.2) is 0 Å². The molecule has 1 aromatic rings. The minimum Gasteiger partial charge on any atom is -0.328 e. The van der Waals surface area contributed by atoms with Gasteiger partial charge in [-0.15, -0.1) is 0 Å². The number of nitrogens with two attached hydrogens (primary N) is 1. The summed E-state index contributed by atoms with van der Waals surface area (Å²) in [4.78, 5) is 16.4. The Bertz CT molecular complexity index is 384. The topological polar surface area (TPSA) is 56.0 Å². The van der Waals surface area contributed by atoms with Crippen LogP contribution < -0.4 is 5.73 Å². The van der Waals surface area contributed by atoms with Crippen LogP contribution in [0.3, 0.4) is 0 Å². The second kappa shape index (κ2) is 8.05. The summed E-state index contributed by atoms with van der Waals surface area (Å²) in [5, 5.41) is 0. The van der Waals surface area contributed by atoms with Crippen molar-refractivity contribution in [1.29, 1.82) is 0 Å². The molecule has 19 heavy (non-hydrogen) atoms. The highest BCUT2D eigenvalue weighted by atomic mass is 16.1. The van der Waals surface area contributed by atoms with Gasteiger partial charge in [0.15, 0.2) is 0 Å². The van der Waals surface area contributed by atoms with Crippen molar-refractivity contribution in [3.63, 3.8) is 0 Å². The van der Waals surface area contributed by atoms with E-state index in [1.807, 2.05) is 26.1 Å². The number of hydrogen-bond acceptors (Lipinski definition) is 3. The van der Waals surface area contributed by atoms with Gasteiger partial charge < -0.3 is 5.73 Å². The van der Waals surface area contributed by atoms with Gasteiger partial charge in [0, 0.05) is 30.3 Å². The number of ketones is 1. The molecule has 1 aromatic heterocycles. The zero-order chi connectivity index (χ0) is 14.3. The summed E-state index contributed by atoms with van der Waals surface area (Å²) in [7, 11) is 0. The Kier molecular flexibility index (Phi) is 6.71. The lowest BCUT2D eigenvalue weighted by Gasteiger charge is -2.11. The molecule has 1 heterocycles. The first-order chi connectivity index (χ1) is 9.02. The van der Waals surface area contributed by atoms with Gasteiger partial charge in [-0.05, 0) is 37.8 Å². The largest absolute Gasteiger partial charge is 0.328 e. The second-order valence-corrected chi connectivity index (χ2v) is 5.46. The third kappa shape index (κ3) is 5.97. The monoisotopic (exact) mass is 262 g/mol. The number of hydrogen-bond donors (Lipinski definition) is 1. The number of Topliss-reactive ketones (excluding diaryl/α,β-unsaturated/α-hetero) is 1. The molecule has 3 nitrogen and oxygen atoms in total. The van der Waals surface area contributed by atoms with Gasteiger partial charge in [0.1, 0.15) is 5.78 Å². The van der Waals surface area contributed by atoms with Gasteiger partial charge in [-0.1, -0.05) is 26.3 Å². The highest BCUT2D eigenvalue weighted by molar-refractivity contribution is 5.82.